The highest BCUT2D eigenvalue weighted by molar-refractivity contribution is 6.35. The van der Waals surface area contributed by atoms with E-state index in [2.05, 4.69) is 5.32 Å². The van der Waals surface area contributed by atoms with Crippen LogP contribution >= 0.6 is 23.2 Å². The van der Waals surface area contributed by atoms with Gasteiger partial charge in [-0.1, -0.05) is 29.3 Å². The number of hydrogen-bond donors (Lipinski definition) is 1. The predicted octanol–water partition coefficient (Wildman–Crippen LogP) is 3.87. The first-order chi connectivity index (χ1) is 7.65. The summed E-state index contributed by atoms with van der Waals surface area (Å²) in [5, 5.41) is 4.60. The molecule has 0 bridgehead atoms. The minimum Gasteiger partial charge on any atom is -0.314 e. The van der Waals surface area contributed by atoms with E-state index in [9.17, 15) is 4.39 Å². The summed E-state index contributed by atoms with van der Waals surface area (Å²) in [6.45, 7) is 2.43. The molecular weight excluding hydrogens is 248 g/mol. The monoisotopic (exact) mass is 263 g/mol. The number of alkyl halides is 1. The van der Waals surface area contributed by atoms with E-state index in [4.69, 9.17) is 23.2 Å². The van der Waals surface area contributed by atoms with Crippen molar-refractivity contribution in [1.29, 1.82) is 0 Å². The van der Waals surface area contributed by atoms with Gasteiger partial charge in [-0.2, -0.15) is 0 Å². The normalized spacial score (nSPS) is 12.8. The molecule has 1 aromatic carbocycles. The third-order valence-corrected chi connectivity index (χ3v) is 3.08. The van der Waals surface area contributed by atoms with Gasteiger partial charge in [0.1, 0.15) is 0 Å². The Hall–Kier alpha value is -0.310. The number of halogens is 3. The van der Waals surface area contributed by atoms with Crippen LogP contribution in [0.2, 0.25) is 10.0 Å². The third-order valence-electron chi connectivity index (χ3n) is 2.38. The summed E-state index contributed by atoms with van der Waals surface area (Å²) < 4.78 is 11.9. The standard InChI is InChI=1S/C12H16Cl2FN/c1-9(16-7-3-6-15)8-10-11(13)4-2-5-12(10)14/h2,4-5,9,16H,3,6-8H2,1H3. The molecule has 0 aliphatic heterocycles. The molecule has 0 amide bonds. The van der Waals surface area contributed by atoms with Gasteiger partial charge in [-0.15, -0.1) is 0 Å². The molecule has 0 aliphatic carbocycles. The molecule has 0 saturated carbocycles. The Morgan fingerprint density at radius 3 is 2.50 bits per heavy atom. The fourth-order valence-electron chi connectivity index (χ4n) is 1.52. The summed E-state index contributed by atoms with van der Waals surface area (Å²) in [5.74, 6) is 0. The molecule has 1 aromatic rings. The summed E-state index contributed by atoms with van der Waals surface area (Å²) in [5.41, 5.74) is 0.950. The van der Waals surface area contributed by atoms with E-state index in [0.29, 0.717) is 23.0 Å². The molecule has 1 rings (SSSR count). The average molecular weight is 264 g/mol. The van der Waals surface area contributed by atoms with Crippen LogP contribution in [-0.2, 0) is 6.42 Å². The topological polar surface area (TPSA) is 12.0 Å². The van der Waals surface area contributed by atoms with Gasteiger partial charge in [0.2, 0.25) is 0 Å². The van der Waals surface area contributed by atoms with Crippen molar-refractivity contribution in [3.63, 3.8) is 0 Å². The molecule has 0 saturated heterocycles. The van der Waals surface area contributed by atoms with Crippen molar-refractivity contribution >= 4 is 23.2 Å². The zero-order valence-electron chi connectivity index (χ0n) is 9.27. The molecule has 0 fully saturated rings. The third kappa shape index (κ3) is 4.28. The lowest BCUT2D eigenvalue weighted by molar-refractivity contribution is 0.442. The molecule has 16 heavy (non-hydrogen) atoms. The van der Waals surface area contributed by atoms with Crippen molar-refractivity contribution in [2.45, 2.75) is 25.8 Å². The molecule has 1 atom stereocenters. The highest BCUT2D eigenvalue weighted by Crippen LogP contribution is 2.25. The minimum atomic E-state index is -0.285. The maximum Gasteiger partial charge on any atom is 0.0906 e. The Labute approximate surface area is 106 Å². The lowest BCUT2D eigenvalue weighted by Crippen LogP contribution is -2.29. The quantitative estimate of drug-likeness (QED) is 0.769. The van der Waals surface area contributed by atoms with Crippen molar-refractivity contribution in [2.75, 3.05) is 13.2 Å². The first-order valence-electron chi connectivity index (χ1n) is 5.37. The zero-order chi connectivity index (χ0) is 12.0. The molecule has 4 heteroatoms. The van der Waals surface area contributed by atoms with Crippen molar-refractivity contribution in [3.05, 3.63) is 33.8 Å². The zero-order valence-corrected chi connectivity index (χ0v) is 10.8. The summed E-state index contributed by atoms with van der Waals surface area (Å²) in [6, 6.07) is 5.73. The van der Waals surface area contributed by atoms with E-state index in [1.165, 1.54) is 0 Å². The second-order valence-electron chi connectivity index (χ2n) is 3.80. The number of benzene rings is 1. The van der Waals surface area contributed by atoms with Crippen molar-refractivity contribution in [2.24, 2.45) is 0 Å². The van der Waals surface area contributed by atoms with E-state index in [-0.39, 0.29) is 12.7 Å². The lowest BCUT2D eigenvalue weighted by atomic mass is 10.1. The van der Waals surface area contributed by atoms with E-state index in [1.54, 1.807) is 0 Å². The maximum absolute atomic E-state index is 11.9. The SMILES string of the molecule is CC(Cc1c(Cl)cccc1Cl)NCCCF. The van der Waals surface area contributed by atoms with Gasteiger partial charge >= 0.3 is 0 Å². The number of hydrogen-bond acceptors (Lipinski definition) is 1. The van der Waals surface area contributed by atoms with Gasteiger partial charge in [-0.25, -0.2) is 0 Å². The van der Waals surface area contributed by atoms with Crippen LogP contribution in [0.25, 0.3) is 0 Å². The molecule has 0 aliphatic rings. The molecule has 90 valence electrons. The molecule has 1 N–H and O–H groups in total. The molecule has 0 heterocycles. The largest absolute Gasteiger partial charge is 0.314 e. The predicted molar refractivity (Wildman–Crippen MR) is 68.2 cm³/mol. The fraction of sp³-hybridized carbons (Fsp3) is 0.500. The lowest BCUT2D eigenvalue weighted by Gasteiger charge is -2.15. The van der Waals surface area contributed by atoms with E-state index >= 15 is 0 Å². The van der Waals surface area contributed by atoms with E-state index in [0.717, 1.165) is 12.0 Å². The molecule has 0 spiro atoms. The minimum absolute atomic E-state index is 0.240. The average Bonchev–Trinajstić information content (AvgIpc) is 2.24. The van der Waals surface area contributed by atoms with Gasteiger partial charge in [-0.05, 0) is 44.0 Å². The second-order valence-corrected chi connectivity index (χ2v) is 4.62. The van der Waals surface area contributed by atoms with Gasteiger partial charge in [-0.3, -0.25) is 4.39 Å². The fourth-order valence-corrected chi connectivity index (χ4v) is 2.07. The van der Waals surface area contributed by atoms with Crippen LogP contribution in [0.5, 0.6) is 0 Å². The Bertz CT molecular complexity index is 311. The first kappa shape index (κ1) is 13.8. The van der Waals surface area contributed by atoms with Crippen LogP contribution in [0.3, 0.4) is 0 Å². The van der Waals surface area contributed by atoms with Gasteiger partial charge in [0, 0.05) is 16.1 Å². The van der Waals surface area contributed by atoms with Crippen molar-refractivity contribution in [3.8, 4) is 0 Å². The van der Waals surface area contributed by atoms with Gasteiger partial charge in [0.25, 0.3) is 0 Å². The Balaban J connectivity index is 2.52. The van der Waals surface area contributed by atoms with Gasteiger partial charge in [0.05, 0.1) is 6.67 Å². The second kappa shape index (κ2) is 7.10. The molecular formula is C12H16Cl2FN. The summed E-state index contributed by atoms with van der Waals surface area (Å²) in [7, 11) is 0. The van der Waals surface area contributed by atoms with E-state index < -0.39 is 0 Å². The smallest absolute Gasteiger partial charge is 0.0906 e. The highest BCUT2D eigenvalue weighted by Gasteiger charge is 2.09. The molecule has 0 radical (unpaired) electrons. The summed E-state index contributed by atoms with van der Waals surface area (Å²) in [6.07, 6.45) is 1.30. The van der Waals surface area contributed by atoms with Gasteiger partial charge in [0.15, 0.2) is 0 Å². The molecule has 0 aromatic heterocycles. The first-order valence-corrected chi connectivity index (χ1v) is 6.13. The van der Waals surface area contributed by atoms with Crippen molar-refractivity contribution < 1.29 is 4.39 Å². The van der Waals surface area contributed by atoms with Crippen LogP contribution < -0.4 is 5.32 Å². The van der Waals surface area contributed by atoms with Gasteiger partial charge < -0.3 is 5.32 Å². The van der Waals surface area contributed by atoms with Crippen LogP contribution in [-0.4, -0.2) is 19.3 Å². The highest BCUT2D eigenvalue weighted by atomic mass is 35.5. The summed E-state index contributed by atoms with van der Waals surface area (Å²) >= 11 is 12.1. The van der Waals surface area contributed by atoms with Crippen LogP contribution in [0.1, 0.15) is 18.9 Å². The van der Waals surface area contributed by atoms with Crippen LogP contribution in [0, 0.1) is 0 Å². The Kier molecular flexibility index (Phi) is 6.10. The van der Waals surface area contributed by atoms with Crippen LogP contribution in [0.4, 0.5) is 4.39 Å². The number of rotatable bonds is 6. The molecule has 1 unspecified atom stereocenters. The number of nitrogens with one attached hydrogen (secondary N) is 1. The van der Waals surface area contributed by atoms with Crippen LogP contribution in [0.15, 0.2) is 18.2 Å². The van der Waals surface area contributed by atoms with E-state index in [1.807, 2.05) is 25.1 Å². The van der Waals surface area contributed by atoms with Crippen molar-refractivity contribution in [1.82, 2.24) is 5.32 Å². The molecule has 1 nitrogen and oxygen atoms in total. The Morgan fingerprint density at radius 2 is 1.94 bits per heavy atom. The Morgan fingerprint density at radius 1 is 1.31 bits per heavy atom. The summed E-state index contributed by atoms with van der Waals surface area (Å²) in [4.78, 5) is 0. The maximum atomic E-state index is 11.9.